The average molecular weight is 447 g/mol. The molecule has 0 aliphatic rings. The highest BCUT2D eigenvalue weighted by molar-refractivity contribution is 7.14. The molecule has 0 aliphatic heterocycles. The number of carbonyl (C=O) groups excluding carboxylic acids is 2. The minimum atomic E-state index is -0.562. The molecule has 0 fully saturated rings. The molecule has 3 amide bonds. The number of hydrogen-bond acceptors (Lipinski definition) is 5. The van der Waals surface area contributed by atoms with Gasteiger partial charge in [-0.3, -0.25) is 5.32 Å². The summed E-state index contributed by atoms with van der Waals surface area (Å²) in [5.74, 6) is 0. The van der Waals surface area contributed by atoms with Gasteiger partial charge in [-0.1, -0.05) is 38.8 Å². The van der Waals surface area contributed by atoms with Gasteiger partial charge < -0.3 is 15.0 Å². The predicted octanol–water partition coefficient (Wildman–Crippen LogP) is 6.59. The third kappa shape index (κ3) is 8.57. The van der Waals surface area contributed by atoms with E-state index in [1.165, 1.54) is 11.3 Å². The highest BCUT2D eigenvalue weighted by Gasteiger charge is 2.17. The Morgan fingerprint density at radius 3 is 2.19 bits per heavy atom. The molecule has 1 aromatic heterocycles. The van der Waals surface area contributed by atoms with E-state index in [9.17, 15) is 9.59 Å². The van der Waals surface area contributed by atoms with Gasteiger partial charge in [-0.25, -0.2) is 14.6 Å². The Balaban J connectivity index is 1.97. The van der Waals surface area contributed by atoms with Crippen LogP contribution < -0.4 is 10.6 Å². The van der Waals surface area contributed by atoms with Gasteiger partial charge in [-0.2, -0.15) is 0 Å². The number of benzene rings is 1. The molecule has 31 heavy (non-hydrogen) atoms. The molecule has 8 heteroatoms. The lowest BCUT2D eigenvalue weighted by atomic mass is 10.1. The van der Waals surface area contributed by atoms with Crippen molar-refractivity contribution in [2.24, 2.45) is 0 Å². The van der Waals surface area contributed by atoms with Gasteiger partial charge in [-0.15, -0.1) is 11.3 Å². The van der Waals surface area contributed by atoms with Gasteiger partial charge in [0.25, 0.3) is 0 Å². The van der Waals surface area contributed by atoms with E-state index in [1.807, 2.05) is 55.3 Å². The minimum absolute atomic E-state index is 0.0628. The lowest BCUT2D eigenvalue weighted by molar-refractivity contribution is 0.0636. The maximum Gasteiger partial charge on any atom is 0.413 e. The molecule has 0 saturated heterocycles. The van der Waals surface area contributed by atoms with Gasteiger partial charge in [0.1, 0.15) is 5.60 Å². The van der Waals surface area contributed by atoms with Gasteiger partial charge in [0.15, 0.2) is 5.13 Å². The first-order valence-electron chi connectivity index (χ1n) is 10.8. The van der Waals surface area contributed by atoms with E-state index in [-0.39, 0.29) is 6.03 Å². The van der Waals surface area contributed by atoms with Crippen molar-refractivity contribution in [1.82, 2.24) is 9.88 Å². The number of amides is 3. The van der Waals surface area contributed by atoms with E-state index in [1.54, 1.807) is 0 Å². The highest BCUT2D eigenvalue weighted by Crippen LogP contribution is 2.26. The first-order chi connectivity index (χ1) is 14.7. The van der Waals surface area contributed by atoms with E-state index < -0.39 is 11.7 Å². The molecular weight excluding hydrogens is 412 g/mol. The van der Waals surface area contributed by atoms with Crippen LogP contribution in [-0.2, 0) is 4.74 Å². The van der Waals surface area contributed by atoms with Crippen molar-refractivity contribution in [1.29, 1.82) is 0 Å². The molecule has 0 bridgehead atoms. The molecule has 2 rings (SSSR count). The van der Waals surface area contributed by atoms with Crippen molar-refractivity contribution in [2.45, 2.75) is 65.9 Å². The monoisotopic (exact) mass is 446 g/mol. The second-order valence-electron chi connectivity index (χ2n) is 8.37. The lowest BCUT2D eigenvalue weighted by Gasteiger charge is -2.22. The SMILES string of the molecule is CCCCN(CCCC)C(=O)Nc1ccc(-c2csc(NC(=O)OC(C)(C)C)n2)cc1. The van der Waals surface area contributed by atoms with Crippen LogP contribution in [0, 0.1) is 0 Å². The number of aromatic nitrogens is 1. The molecule has 1 heterocycles. The maximum atomic E-state index is 12.6. The number of unbranched alkanes of at least 4 members (excludes halogenated alkanes) is 2. The van der Waals surface area contributed by atoms with E-state index in [0.717, 1.165) is 55.7 Å². The summed E-state index contributed by atoms with van der Waals surface area (Å²) in [6.45, 7) is 11.2. The summed E-state index contributed by atoms with van der Waals surface area (Å²) in [7, 11) is 0. The Bertz CT molecular complexity index is 835. The zero-order valence-corrected chi connectivity index (χ0v) is 20.0. The van der Waals surface area contributed by atoms with Gasteiger partial charge >= 0.3 is 12.1 Å². The number of anilines is 2. The normalized spacial score (nSPS) is 11.1. The smallest absolute Gasteiger partial charge is 0.413 e. The molecule has 1 aromatic carbocycles. The number of ether oxygens (including phenoxy) is 1. The number of hydrogen-bond donors (Lipinski definition) is 2. The van der Waals surface area contributed by atoms with Crippen LogP contribution in [0.25, 0.3) is 11.3 Å². The zero-order valence-electron chi connectivity index (χ0n) is 19.2. The van der Waals surface area contributed by atoms with E-state index >= 15 is 0 Å². The van der Waals surface area contributed by atoms with E-state index in [4.69, 9.17) is 4.74 Å². The first kappa shape index (κ1) is 24.7. The van der Waals surface area contributed by atoms with Crippen LogP contribution in [0.15, 0.2) is 29.6 Å². The van der Waals surface area contributed by atoms with Gasteiger partial charge in [0, 0.05) is 29.7 Å². The van der Waals surface area contributed by atoms with Gasteiger partial charge in [0.05, 0.1) is 5.69 Å². The van der Waals surface area contributed by atoms with Crippen molar-refractivity contribution < 1.29 is 14.3 Å². The first-order valence-corrected chi connectivity index (χ1v) is 11.7. The summed E-state index contributed by atoms with van der Waals surface area (Å²) < 4.78 is 5.25. The van der Waals surface area contributed by atoms with Crippen LogP contribution >= 0.6 is 11.3 Å². The number of urea groups is 1. The molecular formula is C23H34N4O3S. The molecule has 0 radical (unpaired) electrons. The number of nitrogens with zero attached hydrogens (tertiary/aromatic N) is 2. The van der Waals surface area contributed by atoms with Crippen molar-refractivity contribution in [2.75, 3.05) is 23.7 Å². The third-order valence-electron chi connectivity index (χ3n) is 4.39. The second kappa shape index (κ2) is 11.7. The van der Waals surface area contributed by atoms with Crippen LogP contribution in [-0.4, -0.2) is 40.7 Å². The van der Waals surface area contributed by atoms with Crippen LogP contribution in [0.4, 0.5) is 20.4 Å². The van der Waals surface area contributed by atoms with Crippen molar-refractivity contribution in [3.8, 4) is 11.3 Å². The maximum absolute atomic E-state index is 12.6. The highest BCUT2D eigenvalue weighted by atomic mass is 32.1. The quantitative estimate of drug-likeness (QED) is 0.455. The summed E-state index contributed by atoms with van der Waals surface area (Å²) in [6.07, 6.45) is 3.59. The summed E-state index contributed by atoms with van der Waals surface area (Å²) in [6, 6.07) is 7.48. The Kier molecular flexibility index (Phi) is 9.30. The van der Waals surface area contributed by atoms with Crippen molar-refractivity contribution >= 4 is 34.3 Å². The minimum Gasteiger partial charge on any atom is -0.444 e. The Morgan fingerprint density at radius 2 is 1.65 bits per heavy atom. The topological polar surface area (TPSA) is 83.6 Å². The van der Waals surface area contributed by atoms with E-state index in [2.05, 4.69) is 29.5 Å². The molecule has 2 N–H and O–H groups in total. The summed E-state index contributed by atoms with van der Waals surface area (Å²) >= 11 is 1.33. The Hall–Kier alpha value is -2.61. The van der Waals surface area contributed by atoms with Gasteiger partial charge in [-0.05, 0) is 45.7 Å². The molecule has 7 nitrogen and oxygen atoms in total. The predicted molar refractivity (Wildman–Crippen MR) is 128 cm³/mol. The molecule has 2 aromatic rings. The van der Waals surface area contributed by atoms with Crippen molar-refractivity contribution in [3.63, 3.8) is 0 Å². The standard InChI is InChI=1S/C23H34N4O3S/c1-6-8-14-27(15-9-7-2)21(28)24-18-12-10-17(11-13-18)19-16-31-20(25-19)26-22(29)30-23(3,4)5/h10-13,16H,6-9,14-15H2,1-5H3,(H,24,28)(H,25,26,29). The Morgan fingerprint density at radius 1 is 1.03 bits per heavy atom. The van der Waals surface area contributed by atoms with Crippen molar-refractivity contribution in [3.05, 3.63) is 29.6 Å². The number of carbonyl (C=O) groups is 2. The molecule has 0 unspecified atom stereocenters. The number of rotatable bonds is 9. The fourth-order valence-corrected chi connectivity index (χ4v) is 3.50. The summed E-state index contributed by atoms with van der Waals surface area (Å²) in [5.41, 5.74) is 1.84. The molecule has 0 atom stereocenters. The fraction of sp³-hybridized carbons (Fsp3) is 0.522. The zero-order chi connectivity index (χ0) is 22.9. The van der Waals surface area contributed by atoms with Crippen LogP contribution in [0.1, 0.15) is 60.3 Å². The summed E-state index contributed by atoms with van der Waals surface area (Å²) in [4.78, 5) is 30.9. The molecule has 0 spiro atoms. The number of nitrogens with one attached hydrogen (secondary N) is 2. The molecule has 0 aliphatic carbocycles. The second-order valence-corrected chi connectivity index (χ2v) is 9.22. The Labute approximate surface area is 189 Å². The average Bonchev–Trinajstić information content (AvgIpc) is 3.15. The lowest BCUT2D eigenvalue weighted by Crippen LogP contribution is -2.36. The summed E-state index contributed by atoms with van der Waals surface area (Å²) in [5, 5.41) is 7.99. The van der Waals surface area contributed by atoms with E-state index in [0.29, 0.717) is 5.13 Å². The van der Waals surface area contributed by atoms with Crippen LogP contribution in [0.5, 0.6) is 0 Å². The third-order valence-corrected chi connectivity index (χ3v) is 5.15. The fourth-order valence-electron chi connectivity index (χ4n) is 2.79. The van der Waals surface area contributed by atoms with Gasteiger partial charge in [0.2, 0.25) is 0 Å². The molecule has 0 saturated carbocycles. The number of thiazole rings is 1. The van der Waals surface area contributed by atoms with Crippen LogP contribution in [0.3, 0.4) is 0 Å². The molecule has 170 valence electrons. The largest absolute Gasteiger partial charge is 0.444 e. The van der Waals surface area contributed by atoms with Crippen LogP contribution in [0.2, 0.25) is 0 Å².